The zero-order valence-corrected chi connectivity index (χ0v) is 17.1. The third-order valence-corrected chi connectivity index (χ3v) is 4.72. The highest BCUT2D eigenvalue weighted by Crippen LogP contribution is 2.08. The molecule has 0 aromatic heterocycles. The van der Waals surface area contributed by atoms with Crippen LogP contribution >= 0.6 is 0 Å². The van der Waals surface area contributed by atoms with Crippen LogP contribution in [-0.4, -0.2) is 35.8 Å². The zero-order valence-electron chi connectivity index (χ0n) is 17.1. The summed E-state index contributed by atoms with van der Waals surface area (Å²) in [6.45, 7) is 9.67. The Bertz CT molecular complexity index is 740. The fraction of sp³-hybridized carbons (Fsp3) is 0.391. The molecule has 0 radical (unpaired) electrons. The summed E-state index contributed by atoms with van der Waals surface area (Å²) in [5.41, 5.74) is 2.94. The van der Waals surface area contributed by atoms with Crippen molar-refractivity contribution in [3.63, 3.8) is 0 Å². The van der Waals surface area contributed by atoms with Gasteiger partial charge in [0.2, 0.25) is 5.91 Å². The Kier molecular flexibility index (Phi) is 8.69. The molecule has 2 aromatic carbocycles. The van der Waals surface area contributed by atoms with E-state index >= 15 is 0 Å². The van der Waals surface area contributed by atoms with E-state index in [1.165, 1.54) is 5.56 Å². The molecule has 0 aliphatic heterocycles. The van der Waals surface area contributed by atoms with Gasteiger partial charge in [-0.25, -0.2) is 0 Å². The van der Waals surface area contributed by atoms with Crippen LogP contribution in [0.4, 0.5) is 0 Å². The minimum Gasteiger partial charge on any atom is -0.352 e. The second-order valence-corrected chi connectivity index (χ2v) is 7.00. The van der Waals surface area contributed by atoms with Crippen molar-refractivity contribution in [2.45, 2.75) is 46.3 Å². The van der Waals surface area contributed by atoms with Crippen LogP contribution in [0.25, 0.3) is 0 Å². The number of hydrogen-bond donors (Lipinski definition) is 2. The summed E-state index contributed by atoms with van der Waals surface area (Å²) in [5, 5.41) is 5.78. The first-order valence-electron chi connectivity index (χ1n) is 9.94. The van der Waals surface area contributed by atoms with E-state index in [-0.39, 0.29) is 24.3 Å². The molecule has 0 fully saturated rings. The number of amides is 2. The molecule has 1 atom stereocenters. The highest BCUT2D eigenvalue weighted by molar-refractivity contribution is 5.94. The van der Waals surface area contributed by atoms with E-state index < -0.39 is 0 Å². The molecule has 2 amide bonds. The van der Waals surface area contributed by atoms with E-state index in [2.05, 4.69) is 53.6 Å². The quantitative estimate of drug-likeness (QED) is 0.663. The van der Waals surface area contributed by atoms with E-state index in [0.717, 1.165) is 25.2 Å². The lowest BCUT2D eigenvalue weighted by molar-refractivity contribution is -0.121. The molecule has 0 heterocycles. The Morgan fingerprint density at radius 2 is 1.54 bits per heavy atom. The van der Waals surface area contributed by atoms with Crippen LogP contribution in [-0.2, 0) is 17.9 Å². The van der Waals surface area contributed by atoms with Crippen molar-refractivity contribution in [2.75, 3.05) is 13.1 Å². The number of benzene rings is 2. The van der Waals surface area contributed by atoms with Crippen molar-refractivity contribution >= 4 is 11.8 Å². The van der Waals surface area contributed by atoms with Gasteiger partial charge >= 0.3 is 0 Å². The number of hydrogen-bond acceptors (Lipinski definition) is 3. The lowest BCUT2D eigenvalue weighted by Gasteiger charge is -2.18. The Labute approximate surface area is 168 Å². The Morgan fingerprint density at radius 1 is 0.929 bits per heavy atom. The molecule has 0 bridgehead atoms. The van der Waals surface area contributed by atoms with Crippen LogP contribution in [0.1, 0.15) is 48.7 Å². The average Bonchev–Trinajstić information content (AvgIpc) is 2.71. The van der Waals surface area contributed by atoms with E-state index in [9.17, 15) is 9.59 Å². The molecule has 0 aliphatic rings. The third-order valence-electron chi connectivity index (χ3n) is 4.72. The summed E-state index contributed by atoms with van der Waals surface area (Å²) in [6, 6.07) is 17.1. The van der Waals surface area contributed by atoms with Crippen LogP contribution in [0.3, 0.4) is 0 Å². The summed E-state index contributed by atoms with van der Waals surface area (Å²) < 4.78 is 0. The molecule has 2 N–H and O–H groups in total. The van der Waals surface area contributed by atoms with Gasteiger partial charge in [0.15, 0.2) is 0 Å². The van der Waals surface area contributed by atoms with E-state index in [4.69, 9.17) is 0 Å². The zero-order chi connectivity index (χ0) is 20.4. The lowest BCUT2D eigenvalue weighted by Crippen LogP contribution is -2.37. The van der Waals surface area contributed by atoms with Gasteiger partial charge in [-0.05, 0) is 43.3 Å². The Morgan fingerprint density at radius 3 is 2.14 bits per heavy atom. The topological polar surface area (TPSA) is 61.4 Å². The average molecular weight is 382 g/mol. The number of nitrogens with zero attached hydrogens (tertiary/aromatic N) is 1. The first-order valence-corrected chi connectivity index (χ1v) is 9.94. The highest BCUT2D eigenvalue weighted by atomic mass is 16.2. The fourth-order valence-electron chi connectivity index (χ4n) is 2.97. The maximum atomic E-state index is 12.2. The highest BCUT2D eigenvalue weighted by Gasteiger charge is 2.13. The first-order chi connectivity index (χ1) is 13.5. The third kappa shape index (κ3) is 7.16. The normalized spacial score (nSPS) is 11.9. The molecule has 0 aliphatic carbocycles. The molecule has 0 saturated heterocycles. The molecule has 150 valence electrons. The molecule has 0 saturated carbocycles. The van der Waals surface area contributed by atoms with Crippen molar-refractivity contribution in [1.29, 1.82) is 0 Å². The minimum atomic E-state index is -0.232. The smallest absolute Gasteiger partial charge is 0.251 e. The van der Waals surface area contributed by atoms with Crippen molar-refractivity contribution < 1.29 is 9.59 Å². The van der Waals surface area contributed by atoms with Crippen molar-refractivity contribution in [2.24, 2.45) is 0 Å². The molecule has 0 spiro atoms. The molecular formula is C23H31N3O2. The molecule has 5 heteroatoms. The molecule has 28 heavy (non-hydrogen) atoms. The molecule has 2 rings (SSSR count). The summed E-state index contributed by atoms with van der Waals surface area (Å²) in [7, 11) is 0. The number of rotatable bonds is 10. The van der Waals surface area contributed by atoms with Crippen LogP contribution < -0.4 is 10.6 Å². The monoisotopic (exact) mass is 381 g/mol. The molecule has 2 aromatic rings. The fourth-order valence-corrected chi connectivity index (χ4v) is 2.97. The van der Waals surface area contributed by atoms with Crippen molar-refractivity contribution in [3.05, 3.63) is 71.3 Å². The van der Waals surface area contributed by atoms with E-state index in [1.807, 2.05) is 25.1 Å². The van der Waals surface area contributed by atoms with E-state index in [1.54, 1.807) is 12.1 Å². The standard InChI is InChI=1S/C23H31N3O2/c1-4-26(5-2)17-20-13-11-19(12-14-20)16-24-22(27)15-18(3)25-23(28)21-9-7-6-8-10-21/h6-14,18H,4-5,15-17H2,1-3H3,(H,24,27)(H,25,28). The predicted molar refractivity (Wildman–Crippen MR) is 113 cm³/mol. The van der Waals surface area contributed by atoms with Gasteiger partial charge in [0.1, 0.15) is 0 Å². The first kappa shape index (κ1) is 21.6. The number of carbonyl (C=O) groups excluding carboxylic acids is 2. The largest absolute Gasteiger partial charge is 0.352 e. The summed E-state index contributed by atoms with van der Waals surface area (Å²) in [4.78, 5) is 26.7. The lowest BCUT2D eigenvalue weighted by atomic mass is 10.1. The van der Waals surface area contributed by atoms with Crippen LogP contribution in [0.15, 0.2) is 54.6 Å². The minimum absolute atomic E-state index is 0.0759. The summed E-state index contributed by atoms with van der Waals surface area (Å²) in [5.74, 6) is -0.238. The molecular weight excluding hydrogens is 350 g/mol. The second-order valence-electron chi connectivity index (χ2n) is 7.00. The van der Waals surface area contributed by atoms with Gasteiger partial charge < -0.3 is 10.6 Å². The van der Waals surface area contributed by atoms with Gasteiger partial charge in [-0.1, -0.05) is 56.3 Å². The molecule has 1 unspecified atom stereocenters. The van der Waals surface area contributed by atoms with Gasteiger partial charge in [0.05, 0.1) is 0 Å². The van der Waals surface area contributed by atoms with Gasteiger partial charge in [-0.3, -0.25) is 14.5 Å². The van der Waals surface area contributed by atoms with Gasteiger partial charge in [-0.15, -0.1) is 0 Å². The Balaban J connectivity index is 1.75. The maximum absolute atomic E-state index is 12.2. The summed E-state index contributed by atoms with van der Waals surface area (Å²) >= 11 is 0. The van der Waals surface area contributed by atoms with Crippen LogP contribution in [0.5, 0.6) is 0 Å². The number of nitrogens with one attached hydrogen (secondary N) is 2. The predicted octanol–water partition coefficient (Wildman–Crippen LogP) is 3.35. The Hall–Kier alpha value is -2.66. The SMILES string of the molecule is CCN(CC)Cc1ccc(CNC(=O)CC(C)NC(=O)c2ccccc2)cc1. The maximum Gasteiger partial charge on any atom is 0.251 e. The summed E-state index contributed by atoms with van der Waals surface area (Å²) in [6.07, 6.45) is 0.249. The van der Waals surface area contributed by atoms with Gasteiger partial charge in [0.25, 0.3) is 5.91 Å². The van der Waals surface area contributed by atoms with Crippen molar-refractivity contribution in [1.82, 2.24) is 15.5 Å². The van der Waals surface area contributed by atoms with Crippen LogP contribution in [0.2, 0.25) is 0 Å². The van der Waals surface area contributed by atoms with Crippen molar-refractivity contribution in [3.8, 4) is 0 Å². The second kappa shape index (κ2) is 11.2. The van der Waals surface area contributed by atoms with E-state index in [0.29, 0.717) is 12.1 Å². The van der Waals surface area contributed by atoms with Crippen LogP contribution in [0, 0.1) is 0 Å². The van der Waals surface area contributed by atoms with Gasteiger partial charge in [-0.2, -0.15) is 0 Å². The van der Waals surface area contributed by atoms with Gasteiger partial charge in [0, 0.05) is 31.1 Å². The number of carbonyl (C=O) groups is 2. The molecule has 5 nitrogen and oxygen atoms in total.